The maximum Gasteiger partial charge on any atom is 0.228 e. The molecule has 1 amide bonds. The van der Waals surface area contributed by atoms with Crippen molar-refractivity contribution in [1.82, 2.24) is 5.32 Å². The lowest BCUT2D eigenvalue weighted by atomic mass is 10.1. The second-order valence-corrected chi connectivity index (χ2v) is 4.35. The van der Waals surface area contributed by atoms with Crippen molar-refractivity contribution in [3.8, 4) is 0 Å². The van der Waals surface area contributed by atoms with Gasteiger partial charge in [-0.05, 0) is 37.1 Å². The Balaban J connectivity index is 1.88. The fourth-order valence-corrected chi connectivity index (χ4v) is 1.94. The van der Waals surface area contributed by atoms with Gasteiger partial charge in [-0.25, -0.2) is 0 Å². The van der Waals surface area contributed by atoms with Gasteiger partial charge in [0.25, 0.3) is 0 Å². The average Bonchev–Trinajstić information content (AvgIpc) is 2.63. The third kappa shape index (κ3) is 3.14. The van der Waals surface area contributed by atoms with Crippen LogP contribution in [-0.4, -0.2) is 24.8 Å². The van der Waals surface area contributed by atoms with Crippen molar-refractivity contribution in [2.45, 2.75) is 19.8 Å². The minimum Gasteiger partial charge on any atom is -0.326 e. The lowest BCUT2D eigenvalue weighted by Crippen LogP contribution is -2.23. The molecule has 1 aromatic rings. The molecule has 0 spiro atoms. The molecule has 2 rings (SSSR count). The fraction of sp³-hybridized carbons (Fsp3) is 0.385. The molecule has 4 heteroatoms. The van der Waals surface area contributed by atoms with Crippen LogP contribution in [0.3, 0.4) is 0 Å². The lowest BCUT2D eigenvalue weighted by molar-refractivity contribution is -0.116. The van der Waals surface area contributed by atoms with Crippen molar-refractivity contribution in [2.75, 3.05) is 18.4 Å². The Morgan fingerprint density at radius 3 is 3.06 bits per heavy atom. The van der Waals surface area contributed by atoms with E-state index in [1.807, 2.05) is 12.1 Å². The zero-order chi connectivity index (χ0) is 12.3. The van der Waals surface area contributed by atoms with E-state index in [0.29, 0.717) is 13.0 Å². The van der Waals surface area contributed by atoms with Gasteiger partial charge in [0.05, 0.1) is 13.0 Å². The molecule has 17 heavy (non-hydrogen) atoms. The van der Waals surface area contributed by atoms with Gasteiger partial charge in [0.2, 0.25) is 5.91 Å². The Labute approximate surface area is 100 Å². The van der Waals surface area contributed by atoms with Gasteiger partial charge in [0.15, 0.2) is 0 Å². The first-order chi connectivity index (χ1) is 8.15. The number of hydrogen-bond donors (Lipinski definition) is 2. The van der Waals surface area contributed by atoms with Gasteiger partial charge in [-0.3, -0.25) is 9.59 Å². The van der Waals surface area contributed by atoms with E-state index in [9.17, 15) is 9.59 Å². The number of carbonyl (C=O) groups excluding carboxylic acids is 2. The molecule has 1 aromatic carbocycles. The van der Waals surface area contributed by atoms with Crippen LogP contribution in [0, 0.1) is 0 Å². The second kappa shape index (κ2) is 5.10. The largest absolute Gasteiger partial charge is 0.326 e. The molecule has 0 saturated carbocycles. The summed E-state index contributed by atoms with van der Waals surface area (Å²) >= 11 is 0. The Kier molecular flexibility index (Phi) is 3.54. The van der Waals surface area contributed by atoms with Gasteiger partial charge in [0, 0.05) is 5.69 Å². The third-order valence-electron chi connectivity index (χ3n) is 2.76. The Morgan fingerprint density at radius 2 is 2.29 bits per heavy atom. The highest BCUT2D eigenvalue weighted by atomic mass is 16.1. The smallest absolute Gasteiger partial charge is 0.228 e. The predicted octanol–water partition coefficient (Wildman–Crippen LogP) is 0.902. The lowest BCUT2D eigenvalue weighted by Gasteiger charge is -2.05. The number of hydrogen-bond acceptors (Lipinski definition) is 3. The molecule has 2 N–H and O–H groups in total. The van der Waals surface area contributed by atoms with Crippen LogP contribution in [0.15, 0.2) is 18.2 Å². The van der Waals surface area contributed by atoms with Crippen molar-refractivity contribution in [2.24, 2.45) is 0 Å². The summed E-state index contributed by atoms with van der Waals surface area (Å²) in [4.78, 5) is 21.9. The van der Waals surface area contributed by atoms with Crippen LogP contribution in [-0.2, 0) is 22.4 Å². The van der Waals surface area contributed by atoms with Gasteiger partial charge in [-0.1, -0.05) is 12.1 Å². The van der Waals surface area contributed by atoms with Crippen molar-refractivity contribution in [3.63, 3.8) is 0 Å². The van der Waals surface area contributed by atoms with Gasteiger partial charge in [-0.2, -0.15) is 0 Å². The summed E-state index contributed by atoms with van der Waals surface area (Å²) in [5, 5.41) is 5.89. The van der Waals surface area contributed by atoms with E-state index in [1.165, 1.54) is 5.56 Å². The monoisotopic (exact) mass is 232 g/mol. The van der Waals surface area contributed by atoms with Crippen molar-refractivity contribution in [3.05, 3.63) is 29.3 Å². The number of ketones is 1. The van der Waals surface area contributed by atoms with Gasteiger partial charge < -0.3 is 10.6 Å². The summed E-state index contributed by atoms with van der Waals surface area (Å²) < 4.78 is 0. The standard InChI is InChI=1S/C13H16N2O2/c1-9(16)8-14-5-4-10-2-3-12-11(6-10)7-13(17)15-12/h2-3,6,14H,4-5,7-8H2,1H3,(H,15,17). The molecule has 0 unspecified atom stereocenters. The third-order valence-corrected chi connectivity index (χ3v) is 2.76. The van der Waals surface area contributed by atoms with E-state index in [1.54, 1.807) is 6.92 Å². The molecule has 0 fully saturated rings. The van der Waals surface area contributed by atoms with Crippen molar-refractivity contribution < 1.29 is 9.59 Å². The highest BCUT2D eigenvalue weighted by Crippen LogP contribution is 2.23. The Morgan fingerprint density at radius 1 is 1.47 bits per heavy atom. The van der Waals surface area contributed by atoms with Crippen molar-refractivity contribution in [1.29, 1.82) is 0 Å². The van der Waals surface area contributed by atoms with E-state index in [-0.39, 0.29) is 11.7 Å². The number of Topliss-reactive ketones (excluding diaryl/α,β-unsaturated/α-hetero) is 1. The molecule has 1 aliphatic rings. The van der Waals surface area contributed by atoms with Gasteiger partial charge >= 0.3 is 0 Å². The van der Waals surface area contributed by atoms with Crippen molar-refractivity contribution >= 4 is 17.4 Å². The molecular formula is C13H16N2O2. The quantitative estimate of drug-likeness (QED) is 0.742. The Bertz CT molecular complexity index is 455. The second-order valence-electron chi connectivity index (χ2n) is 4.35. The normalized spacial score (nSPS) is 13.4. The summed E-state index contributed by atoms with van der Waals surface area (Å²) in [6.45, 7) is 2.77. The molecule has 0 saturated heterocycles. The molecule has 4 nitrogen and oxygen atoms in total. The summed E-state index contributed by atoms with van der Waals surface area (Å²) in [6, 6.07) is 6.02. The minimum atomic E-state index is 0.0619. The van der Waals surface area contributed by atoms with E-state index in [0.717, 1.165) is 24.2 Å². The molecule has 0 atom stereocenters. The molecule has 0 aliphatic carbocycles. The highest BCUT2D eigenvalue weighted by Gasteiger charge is 2.16. The number of anilines is 1. The van der Waals surface area contributed by atoms with Crippen LogP contribution >= 0.6 is 0 Å². The van der Waals surface area contributed by atoms with Crippen LogP contribution in [0.5, 0.6) is 0 Å². The molecule has 0 radical (unpaired) electrons. The fourth-order valence-electron chi connectivity index (χ4n) is 1.94. The zero-order valence-corrected chi connectivity index (χ0v) is 9.88. The number of amides is 1. The Hall–Kier alpha value is -1.68. The summed E-state index contributed by atoms with van der Waals surface area (Å²) in [5.41, 5.74) is 3.19. The molecule has 0 aromatic heterocycles. The number of nitrogens with one attached hydrogen (secondary N) is 2. The first kappa shape index (κ1) is 11.8. The van der Waals surface area contributed by atoms with Crippen LogP contribution in [0.1, 0.15) is 18.1 Å². The first-order valence-electron chi connectivity index (χ1n) is 5.77. The van der Waals surface area contributed by atoms with Crippen LogP contribution in [0.4, 0.5) is 5.69 Å². The van der Waals surface area contributed by atoms with Crippen LogP contribution in [0.25, 0.3) is 0 Å². The molecule has 1 aliphatic heterocycles. The number of benzene rings is 1. The summed E-state index contributed by atoms with van der Waals surface area (Å²) in [6.07, 6.45) is 1.35. The van der Waals surface area contributed by atoms with E-state index < -0.39 is 0 Å². The van der Waals surface area contributed by atoms with E-state index in [2.05, 4.69) is 16.7 Å². The van der Waals surface area contributed by atoms with E-state index in [4.69, 9.17) is 0 Å². The molecule has 1 heterocycles. The number of carbonyl (C=O) groups is 2. The summed E-state index contributed by atoms with van der Waals surface area (Å²) in [7, 11) is 0. The zero-order valence-electron chi connectivity index (χ0n) is 9.88. The molecule has 90 valence electrons. The topological polar surface area (TPSA) is 58.2 Å². The highest BCUT2D eigenvalue weighted by molar-refractivity contribution is 5.99. The average molecular weight is 232 g/mol. The predicted molar refractivity (Wildman–Crippen MR) is 66.0 cm³/mol. The number of fused-ring (bicyclic) bond motifs is 1. The first-order valence-corrected chi connectivity index (χ1v) is 5.77. The molecule has 0 bridgehead atoms. The van der Waals surface area contributed by atoms with Gasteiger partial charge in [-0.15, -0.1) is 0 Å². The van der Waals surface area contributed by atoms with Gasteiger partial charge in [0.1, 0.15) is 5.78 Å². The van der Waals surface area contributed by atoms with Crippen LogP contribution in [0.2, 0.25) is 0 Å². The minimum absolute atomic E-state index is 0.0619. The number of rotatable bonds is 5. The maximum atomic E-state index is 11.2. The summed E-state index contributed by atoms with van der Waals surface area (Å²) in [5.74, 6) is 0.209. The van der Waals surface area contributed by atoms with Crippen LogP contribution < -0.4 is 10.6 Å². The molecular weight excluding hydrogens is 216 g/mol. The maximum absolute atomic E-state index is 11.2. The SMILES string of the molecule is CC(=O)CNCCc1ccc2c(c1)CC(=O)N2. The van der Waals surface area contributed by atoms with E-state index >= 15 is 0 Å².